The summed E-state index contributed by atoms with van der Waals surface area (Å²) in [5.41, 5.74) is 0.995. The van der Waals surface area contributed by atoms with E-state index in [-0.39, 0.29) is 63.1 Å². The fourth-order valence-corrected chi connectivity index (χ4v) is 7.17. The number of fused-ring (bicyclic) bond motifs is 5. The molecule has 2 amide bonds. The Bertz CT molecular complexity index is 1090. The van der Waals surface area contributed by atoms with E-state index in [0.717, 1.165) is 6.42 Å². The van der Waals surface area contributed by atoms with Crippen LogP contribution in [0.1, 0.15) is 27.1 Å². The lowest BCUT2D eigenvalue weighted by Gasteiger charge is -2.28. The second-order valence-electron chi connectivity index (χ2n) is 8.43. The number of alkyl halides is 2. The van der Waals surface area contributed by atoms with Crippen LogP contribution >= 0.6 is 31.9 Å². The fourth-order valence-electron chi connectivity index (χ4n) is 5.30. The van der Waals surface area contributed by atoms with Crippen LogP contribution in [0.4, 0.5) is 5.69 Å². The molecule has 2 aromatic rings. The zero-order chi connectivity index (χ0) is 22.6. The van der Waals surface area contributed by atoms with Crippen molar-refractivity contribution < 1.29 is 23.9 Å². The Hall–Kier alpha value is -2.32. The van der Waals surface area contributed by atoms with Crippen molar-refractivity contribution in [3.8, 4) is 0 Å². The molecule has 164 valence electrons. The maximum Gasteiger partial charge on any atom is 0.338 e. The highest BCUT2D eigenvalue weighted by molar-refractivity contribution is 9.12. The lowest BCUT2D eigenvalue weighted by atomic mass is 9.81. The van der Waals surface area contributed by atoms with Crippen LogP contribution in [0.15, 0.2) is 54.6 Å². The molecule has 1 heterocycles. The van der Waals surface area contributed by atoms with Crippen LogP contribution in [-0.2, 0) is 14.3 Å². The zero-order valence-electron chi connectivity index (χ0n) is 16.8. The Labute approximate surface area is 201 Å². The van der Waals surface area contributed by atoms with E-state index >= 15 is 0 Å². The number of ketones is 1. The lowest BCUT2D eigenvalue weighted by Crippen LogP contribution is -2.37. The zero-order valence-corrected chi connectivity index (χ0v) is 20.0. The van der Waals surface area contributed by atoms with Gasteiger partial charge >= 0.3 is 5.97 Å². The molecule has 2 aromatic carbocycles. The van der Waals surface area contributed by atoms with Crippen molar-refractivity contribution in [3.63, 3.8) is 0 Å². The molecule has 32 heavy (non-hydrogen) atoms. The largest absolute Gasteiger partial charge is 0.454 e. The predicted octanol–water partition coefficient (Wildman–Crippen LogP) is 4.01. The second-order valence-corrected chi connectivity index (χ2v) is 10.5. The van der Waals surface area contributed by atoms with Gasteiger partial charge < -0.3 is 4.74 Å². The van der Waals surface area contributed by atoms with Gasteiger partial charge in [0.15, 0.2) is 12.4 Å². The first-order chi connectivity index (χ1) is 15.4. The van der Waals surface area contributed by atoms with Crippen molar-refractivity contribution in [2.24, 2.45) is 23.7 Å². The molecule has 0 aromatic heterocycles. The standard InChI is InChI=1S/C24H19Br2NO5/c25-20-15-10-16(21(20)26)19-18(15)22(29)27(23(19)30)14-8-4-7-13(9-14)24(31)32-11-17(28)12-5-2-1-3-6-12/h1-9,15-16,18-21H,10-11H2/t15-,16-,18-,19-,20+,21+/m1/s1. The Balaban J connectivity index is 1.32. The highest BCUT2D eigenvalue weighted by atomic mass is 79.9. The predicted molar refractivity (Wildman–Crippen MR) is 124 cm³/mol. The van der Waals surface area contributed by atoms with Crippen molar-refractivity contribution in [1.29, 1.82) is 0 Å². The van der Waals surface area contributed by atoms with Gasteiger partial charge in [0.25, 0.3) is 0 Å². The number of ether oxygens (including phenoxy) is 1. The van der Waals surface area contributed by atoms with Gasteiger partial charge in [0.2, 0.25) is 11.8 Å². The molecule has 1 saturated heterocycles. The van der Waals surface area contributed by atoms with Gasteiger partial charge in [-0.05, 0) is 36.5 Å². The van der Waals surface area contributed by atoms with Crippen LogP contribution < -0.4 is 4.90 Å². The number of benzene rings is 2. The number of imide groups is 1. The van der Waals surface area contributed by atoms with E-state index in [1.54, 1.807) is 42.5 Å². The van der Waals surface area contributed by atoms with E-state index in [2.05, 4.69) is 31.9 Å². The third-order valence-electron chi connectivity index (χ3n) is 6.76. The Morgan fingerprint density at radius 1 is 0.875 bits per heavy atom. The van der Waals surface area contributed by atoms with Crippen LogP contribution in [0.5, 0.6) is 0 Å². The molecule has 3 aliphatic rings. The summed E-state index contributed by atoms with van der Waals surface area (Å²) in [6.45, 7) is -0.387. The Morgan fingerprint density at radius 3 is 2.09 bits per heavy atom. The summed E-state index contributed by atoms with van der Waals surface area (Å²) < 4.78 is 5.17. The highest BCUT2D eigenvalue weighted by Crippen LogP contribution is 2.60. The van der Waals surface area contributed by atoms with Gasteiger partial charge in [0, 0.05) is 15.2 Å². The minimum absolute atomic E-state index is 0.118. The van der Waals surface area contributed by atoms with Gasteiger partial charge in [0.05, 0.1) is 23.1 Å². The third kappa shape index (κ3) is 3.35. The highest BCUT2D eigenvalue weighted by Gasteiger charge is 2.66. The Morgan fingerprint density at radius 2 is 1.47 bits per heavy atom. The third-order valence-corrected chi connectivity index (χ3v) is 9.96. The molecule has 3 fully saturated rings. The quantitative estimate of drug-likeness (QED) is 0.239. The van der Waals surface area contributed by atoms with Gasteiger partial charge in [-0.25, -0.2) is 4.79 Å². The minimum atomic E-state index is -0.684. The fraction of sp³-hybridized carbons (Fsp3) is 0.333. The summed E-state index contributed by atoms with van der Waals surface area (Å²) in [6.07, 6.45) is 0.855. The molecule has 2 aliphatic carbocycles. The first kappa shape index (κ1) is 21.5. The number of hydrogen-bond acceptors (Lipinski definition) is 5. The first-order valence-corrected chi connectivity index (χ1v) is 12.2. The van der Waals surface area contributed by atoms with Crippen LogP contribution in [0.2, 0.25) is 0 Å². The molecule has 5 rings (SSSR count). The van der Waals surface area contributed by atoms with Gasteiger partial charge in [-0.2, -0.15) is 0 Å². The molecule has 2 saturated carbocycles. The molecule has 0 N–H and O–H groups in total. The van der Waals surface area contributed by atoms with Crippen molar-refractivity contribution in [1.82, 2.24) is 0 Å². The number of hydrogen-bond donors (Lipinski definition) is 0. The summed E-state index contributed by atoms with van der Waals surface area (Å²) in [7, 11) is 0. The number of amides is 2. The van der Waals surface area contributed by atoms with Crippen molar-refractivity contribution in [2.75, 3.05) is 11.5 Å². The van der Waals surface area contributed by atoms with Crippen molar-refractivity contribution in [3.05, 3.63) is 65.7 Å². The SMILES string of the molecule is O=C(COC(=O)c1cccc(N2C(=O)[C@@H]3[C@H]4C[C@@H]([C@H](Br)[C@H]4Br)[C@H]3C2=O)c1)c1ccccc1. The number of halogens is 2. The molecule has 0 unspecified atom stereocenters. The van der Waals surface area contributed by atoms with E-state index in [1.807, 2.05) is 0 Å². The number of carbonyl (C=O) groups excluding carboxylic acids is 4. The van der Waals surface area contributed by atoms with Crippen LogP contribution in [0.3, 0.4) is 0 Å². The average molecular weight is 561 g/mol. The van der Waals surface area contributed by atoms with Crippen molar-refractivity contribution in [2.45, 2.75) is 16.1 Å². The topological polar surface area (TPSA) is 80.8 Å². The molecule has 6 atom stereocenters. The normalized spacial score (nSPS) is 30.5. The second kappa shape index (κ2) is 8.23. The molecule has 0 spiro atoms. The lowest BCUT2D eigenvalue weighted by molar-refractivity contribution is -0.123. The number of rotatable bonds is 5. The summed E-state index contributed by atoms with van der Waals surface area (Å²) >= 11 is 7.36. The van der Waals surface area contributed by atoms with E-state index in [4.69, 9.17) is 4.74 Å². The number of carbonyl (C=O) groups is 4. The van der Waals surface area contributed by atoms with Crippen LogP contribution in [0.25, 0.3) is 0 Å². The minimum Gasteiger partial charge on any atom is -0.454 e. The van der Waals surface area contributed by atoms with E-state index in [0.29, 0.717) is 11.3 Å². The average Bonchev–Trinajstić information content (AvgIpc) is 3.42. The molecular formula is C24H19Br2NO5. The van der Waals surface area contributed by atoms with E-state index in [1.165, 1.54) is 17.0 Å². The maximum atomic E-state index is 13.2. The van der Waals surface area contributed by atoms with E-state index in [9.17, 15) is 19.2 Å². The number of anilines is 1. The van der Waals surface area contributed by atoms with Crippen LogP contribution in [0, 0.1) is 23.7 Å². The summed E-state index contributed by atoms with van der Waals surface area (Å²) in [6, 6.07) is 14.8. The summed E-state index contributed by atoms with van der Waals surface area (Å²) in [5, 5.41) is 0. The molecule has 0 radical (unpaired) electrons. The number of esters is 1. The monoisotopic (exact) mass is 559 g/mol. The van der Waals surface area contributed by atoms with Gasteiger partial charge in [-0.15, -0.1) is 0 Å². The molecule has 6 nitrogen and oxygen atoms in total. The summed E-state index contributed by atoms with van der Waals surface area (Å²) in [5.74, 6) is -1.83. The molecular weight excluding hydrogens is 542 g/mol. The molecule has 2 bridgehead atoms. The number of Topliss-reactive ketones (excluding diaryl/α,β-unsaturated/α-hetero) is 1. The van der Waals surface area contributed by atoms with Crippen molar-refractivity contribution >= 4 is 61.1 Å². The molecule has 1 aliphatic heterocycles. The van der Waals surface area contributed by atoms with Gasteiger partial charge in [-0.1, -0.05) is 68.3 Å². The summed E-state index contributed by atoms with van der Waals surface area (Å²) in [4.78, 5) is 52.7. The molecule has 8 heteroatoms. The smallest absolute Gasteiger partial charge is 0.338 e. The maximum absolute atomic E-state index is 13.2. The van der Waals surface area contributed by atoms with Crippen LogP contribution in [-0.4, -0.2) is 39.8 Å². The number of nitrogens with zero attached hydrogens (tertiary/aromatic N) is 1. The Kier molecular flexibility index (Phi) is 5.53. The first-order valence-electron chi connectivity index (χ1n) is 10.4. The van der Waals surface area contributed by atoms with E-state index < -0.39 is 5.97 Å². The van der Waals surface area contributed by atoms with Gasteiger partial charge in [-0.3, -0.25) is 19.3 Å². The van der Waals surface area contributed by atoms with Gasteiger partial charge in [0.1, 0.15) is 0 Å².